The lowest BCUT2D eigenvalue weighted by atomic mass is 10.0. The van der Waals surface area contributed by atoms with Crippen LogP contribution in [0.4, 0.5) is 0 Å². The average Bonchev–Trinajstić information content (AvgIpc) is 3.04. The largest absolute Gasteiger partial charge is 0.381 e. The molecular weight excluding hydrogens is 520 g/mol. The molecule has 0 unspecified atom stereocenters. The first kappa shape index (κ1) is 42.2. The Hall–Kier alpha value is -0.820. The van der Waals surface area contributed by atoms with Crippen LogP contribution in [0.15, 0.2) is 36.4 Å². The van der Waals surface area contributed by atoms with Gasteiger partial charge in [0.25, 0.3) is 0 Å². The summed E-state index contributed by atoms with van der Waals surface area (Å²) in [6.45, 7) is 6.60. The van der Waals surface area contributed by atoms with E-state index in [0.29, 0.717) is 0 Å². The van der Waals surface area contributed by atoms with Crippen molar-refractivity contribution in [1.82, 2.24) is 0 Å². The second kappa shape index (κ2) is 41.2. The van der Waals surface area contributed by atoms with Crippen molar-refractivity contribution in [2.75, 3.05) is 13.2 Å². The highest BCUT2D eigenvalue weighted by atomic mass is 16.5. The van der Waals surface area contributed by atoms with Gasteiger partial charge in [-0.1, -0.05) is 243 Å². The fourth-order valence-corrected chi connectivity index (χ4v) is 5.99. The topological polar surface area (TPSA) is 9.23 Å². The van der Waals surface area contributed by atoms with E-state index in [4.69, 9.17) is 4.74 Å². The van der Waals surface area contributed by atoms with Crippen LogP contribution in [0, 0.1) is 0 Å². The minimum absolute atomic E-state index is 0.997. The predicted molar refractivity (Wildman–Crippen MR) is 196 cm³/mol. The number of unbranched alkanes of at least 4 members (excludes halogenated alkanes) is 30. The molecule has 0 aromatic heterocycles. The molecule has 1 aromatic rings. The molecule has 0 heterocycles. The number of benzene rings is 1. The monoisotopic (exact) mass is 601 g/mol. The molecule has 0 saturated carbocycles. The summed E-state index contributed by atoms with van der Waals surface area (Å²) in [7, 11) is 0. The lowest BCUT2D eigenvalue weighted by molar-refractivity contribution is 0.125. The fraction of sp³-hybridized carbons (Fsp3) is 0.857. The molecule has 0 spiro atoms. The maximum Gasteiger partial charge on any atom is 0.0466 e. The highest BCUT2D eigenvalue weighted by molar-refractivity contribution is 4.99. The highest BCUT2D eigenvalue weighted by Crippen LogP contribution is 2.15. The molecule has 0 atom stereocenters. The Morgan fingerprint density at radius 2 is 0.395 bits per heavy atom. The maximum absolute atomic E-state index is 5.87. The third-order valence-electron chi connectivity index (χ3n) is 8.95. The number of ether oxygens (including phenoxy) is 1. The van der Waals surface area contributed by atoms with Gasteiger partial charge in [0.1, 0.15) is 0 Å². The number of hydrogen-bond donors (Lipinski definition) is 0. The summed E-state index contributed by atoms with van der Waals surface area (Å²) < 4.78 is 5.87. The van der Waals surface area contributed by atoms with E-state index in [1.54, 1.807) is 0 Å². The number of rotatable bonds is 34. The third-order valence-corrected chi connectivity index (χ3v) is 8.95. The van der Waals surface area contributed by atoms with Gasteiger partial charge in [-0.05, 0) is 12.8 Å². The van der Waals surface area contributed by atoms with E-state index < -0.39 is 0 Å². The zero-order valence-corrected chi connectivity index (χ0v) is 29.9. The van der Waals surface area contributed by atoms with Crippen molar-refractivity contribution in [2.45, 2.75) is 219 Å². The quantitative estimate of drug-likeness (QED) is 0.0715. The molecular formula is C42H80O. The van der Waals surface area contributed by atoms with Crippen LogP contribution in [0.2, 0.25) is 0 Å². The molecule has 1 heteroatoms. The summed E-state index contributed by atoms with van der Waals surface area (Å²) in [6.07, 6.45) is 46.0. The standard InChI is InChI=1S/C36H74O.C6H6/c1-3-5-7-9-11-13-15-17-19-21-23-25-27-29-31-33-35-37-36-34-32-30-28-26-24-22-20-18-16-14-12-10-8-6-4-2;1-2-4-6-5-3-1/h3-36H2,1-2H3;1-6H. The van der Waals surface area contributed by atoms with Crippen molar-refractivity contribution in [3.05, 3.63) is 36.4 Å². The second-order valence-corrected chi connectivity index (χ2v) is 13.4. The first-order valence-electron chi connectivity index (χ1n) is 20.0. The van der Waals surface area contributed by atoms with Crippen LogP contribution in [0.5, 0.6) is 0 Å². The van der Waals surface area contributed by atoms with Crippen LogP contribution in [-0.2, 0) is 4.74 Å². The molecule has 0 N–H and O–H groups in total. The van der Waals surface area contributed by atoms with Crippen LogP contribution >= 0.6 is 0 Å². The van der Waals surface area contributed by atoms with Gasteiger partial charge in [-0.15, -0.1) is 0 Å². The van der Waals surface area contributed by atoms with Gasteiger partial charge < -0.3 is 4.74 Å². The average molecular weight is 601 g/mol. The van der Waals surface area contributed by atoms with Gasteiger partial charge >= 0.3 is 0 Å². The van der Waals surface area contributed by atoms with Crippen LogP contribution in [-0.4, -0.2) is 13.2 Å². The summed E-state index contributed by atoms with van der Waals surface area (Å²) in [5.41, 5.74) is 0. The summed E-state index contributed by atoms with van der Waals surface area (Å²) in [5, 5.41) is 0. The molecule has 0 bridgehead atoms. The Balaban J connectivity index is 0.00000259. The smallest absolute Gasteiger partial charge is 0.0466 e. The number of hydrogen-bond acceptors (Lipinski definition) is 1. The molecule has 0 amide bonds. The van der Waals surface area contributed by atoms with Crippen LogP contribution in [0.1, 0.15) is 219 Å². The van der Waals surface area contributed by atoms with E-state index in [2.05, 4.69) is 13.8 Å². The van der Waals surface area contributed by atoms with Crippen LogP contribution < -0.4 is 0 Å². The van der Waals surface area contributed by atoms with E-state index in [1.807, 2.05) is 36.4 Å². The normalized spacial score (nSPS) is 11.0. The molecule has 0 saturated heterocycles. The Labute approximate surface area is 273 Å². The molecule has 43 heavy (non-hydrogen) atoms. The molecule has 0 radical (unpaired) electrons. The van der Waals surface area contributed by atoms with Crippen molar-refractivity contribution < 1.29 is 4.74 Å². The minimum atomic E-state index is 0.997. The molecule has 1 nitrogen and oxygen atoms in total. The molecule has 1 aromatic carbocycles. The van der Waals surface area contributed by atoms with Crippen molar-refractivity contribution in [3.63, 3.8) is 0 Å². The Kier molecular flexibility index (Phi) is 40.4. The lowest BCUT2D eigenvalue weighted by Crippen LogP contribution is -1.97. The van der Waals surface area contributed by atoms with Crippen LogP contribution in [0.25, 0.3) is 0 Å². The molecule has 0 aliphatic heterocycles. The molecule has 0 fully saturated rings. The SMILES string of the molecule is CCCCCCCCCCCCCCCCCCOCCCCCCCCCCCCCCCCCC.c1ccccc1. The Morgan fingerprint density at radius 1 is 0.233 bits per heavy atom. The Bertz CT molecular complexity index is 495. The van der Waals surface area contributed by atoms with Crippen molar-refractivity contribution in [1.29, 1.82) is 0 Å². The van der Waals surface area contributed by atoms with E-state index in [9.17, 15) is 0 Å². The fourth-order valence-electron chi connectivity index (χ4n) is 5.99. The van der Waals surface area contributed by atoms with Crippen LogP contribution in [0.3, 0.4) is 0 Å². The van der Waals surface area contributed by atoms with Gasteiger partial charge in [0, 0.05) is 13.2 Å². The maximum atomic E-state index is 5.87. The zero-order chi connectivity index (χ0) is 31.0. The zero-order valence-electron chi connectivity index (χ0n) is 29.9. The van der Waals surface area contributed by atoms with E-state index in [1.165, 1.54) is 205 Å². The van der Waals surface area contributed by atoms with Gasteiger partial charge in [0.05, 0.1) is 0 Å². The van der Waals surface area contributed by atoms with E-state index in [0.717, 1.165) is 13.2 Å². The molecule has 254 valence electrons. The first-order chi connectivity index (χ1) is 21.4. The van der Waals surface area contributed by atoms with E-state index >= 15 is 0 Å². The van der Waals surface area contributed by atoms with E-state index in [-0.39, 0.29) is 0 Å². The van der Waals surface area contributed by atoms with Gasteiger partial charge in [0.2, 0.25) is 0 Å². The van der Waals surface area contributed by atoms with Gasteiger partial charge in [-0.25, -0.2) is 0 Å². The van der Waals surface area contributed by atoms with Gasteiger partial charge in [-0.3, -0.25) is 0 Å². The third kappa shape index (κ3) is 41.2. The molecule has 1 rings (SSSR count). The van der Waals surface area contributed by atoms with Gasteiger partial charge in [0.15, 0.2) is 0 Å². The summed E-state index contributed by atoms with van der Waals surface area (Å²) in [6, 6.07) is 12.0. The summed E-state index contributed by atoms with van der Waals surface area (Å²) in [5.74, 6) is 0. The molecule has 0 aliphatic carbocycles. The highest BCUT2D eigenvalue weighted by Gasteiger charge is 1.97. The van der Waals surface area contributed by atoms with Crippen molar-refractivity contribution >= 4 is 0 Å². The van der Waals surface area contributed by atoms with Gasteiger partial charge in [-0.2, -0.15) is 0 Å². The lowest BCUT2D eigenvalue weighted by Gasteiger charge is -2.06. The Morgan fingerprint density at radius 3 is 0.581 bits per heavy atom. The minimum Gasteiger partial charge on any atom is -0.381 e. The van der Waals surface area contributed by atoms with Crippen molar-refractivity contribution in [2.24, 2.45) is 0 Å². The second-order valence-electron chi connectivity index (χ2n) is 13.4. The summed E-state index contributed by atoms with van der Waals surface area (Å²) in [4.78, 5) is 0. The predicted octanol–water partition coefficient (Wildman–Crippen LogP) is 15.2. The summed E-state index contributed by atoms with van der Waals surface area (Å²) >= 11 is 0. The molecule has 0 aliphatic rings. The van der Waals surface area contributed by atoms with Crippen molar-refractivity contribution in [3.8, 4) is 0 Å². The first-order valence-corrected chi connectivity index (χ1v) is 20.0.